The summed E-state index contributed by atoms with van der Waals surface area (Å²) in [7, 11) is 0. The largest absolute Gasteiger partial charge is 0.396 e. The van der Waals surface area contributed by atoms with E-state index in [4.69, 9.17) is 5.11 Å². The van der Waals surface area contributed by atoms with Crippen molar-refractivity contribution in [3.05, 3.63) is 65.2 Å². The Kier molecular flexibility index (Phi) is 4.56. The molecule has 0 aromatic heterocycles. The van der Waals surface area contributed by atoms with Crippen molar-refractivity contribution in [2.45, 2.75) is 38.1 Å². The summed E-state index contributed by atoms with van der Waals surface area (Å²) in [5.74, 6) is 0.829. The second kappa shape index (κ2) is 6.77. The molecule has 2 nitrogen and oxygen atoms in total. The van der Waals surface area contributed by atoms with Crippen molar-refractivity contribution >= 4 is 5.69 Å². The fourth-order valence-corrected chi connectivity index (χ4v) is 2.65. The Morgan fingerprint density at radius 3 is 2.52 bits per heavy atom. The lowest BCUT2D eigenvalue weighted by molar-refractivity contribution is 0.288. The molecule has 0 bridgehead atoms. The van der Waals surface area contributed by atoms with Gasteiger partial charge < -0.3 is 10.4 Å². The maximum atomic E-state index is 8.90. The van der Waals surface area contributed by atoms with Crippen LogP contribution in [0.2, 0.25) is 0 Å². The lowest BCUT2D eigenvalue weighted by Gasteiger charge is -2.09. The topological polar surface area (TPSA) is 32.3 Å². The molecule has 0 amide bonds. The maximum Gasteiger partial charge on any atom is 0.0434 e. The summed E-state index contributed by atoms with van der Waals surface area (Å²) in [5, 5.41) is 12.4. The Morgan fingerprint density at radius 1 is 1.00 bits per heavy atom. The Hall–Kier alpha value is -1.80. The van der Waals surface area contributed by atoms with Crippen LogP contribution in [0.5, 0.6) is 0 Å². The van der Waals surface area contributed by atoms with Crippen LogP contribution in [0, 0.1) is 0 Å². The molecule has 1 aliphatic carbocycles. The third-order valence-electron chi connectivity index (χ3n) is 4.08. The van der Waals surface area contributed by atoms with Crippen LogP contribution >= 0.6 is 0 Å². The molecular weight excluding hydrogens is 258 g/mol. The maximum absolute atomic E-state index is 8.90. The van der Waals surface area contributed by atoms with Crippen molar-refractivity contribution in [2.24, 2.45) is 0 Å². The predicted molar refractivity (Wildman–Crippen MR) is 87.6 cm³/mol. The molecule has 2 aromatic carbocycles. The molecule has 0 radical (unpaired) electrons. The van der Waals surface area contributed by atoms with Gasteiger partial charge in [0.2, 0.25) is 0 Å². The summed E-state index contributed by atoms with van der Waals surface area (Å²) in [5.41, 5.74) is 5.24. The number of aliphatic hydroxyl groups excluding tert-OH is 1. The molecular formula is C19H23NO. The Bertz CT molecular complexity index is 572. The number of aryl methyl sites for hydroxylation is 1. The predicted octanol–water partition coefficient (Wildman–Crippen LogP) is 4.10. The molecule has 0 atom stereocenters. The van der Waals surface area contributed by atoms with Gasteiger partial charge in [-0.1, -0.05) is 36.4 Å². The number of benzene rings is 2. The summed E-state index contributed by atoms with van der Waals surface area (Å²) < 4.78 is 0. The van der Waals surface area contributed by atoms with E-state index < -0.39 is 0 Å². The Morgan fingerprint density at radius 2 is 1.81 bits per heavy atom. The van der Waals surface area contributed by atoms with Gasteiger partial charge in [0.1, 0.15) is 0 Å². The van der Waals surface area contributed by atoms with Crippen LogP contribution in [0.15, 0.2) is 48.5 Å². The summed E-state index contributed by atoms with van der Waals surface area (Å²) in [6, 6.07) is 17.5. The molecule has 2 heteroatoms. The van der Waals surface area contributed by atoms with E-state index in [-0.39, 0.29) is 6.61 Å². The first-order valence-corrected chi connectivity index (χ1v) is 7.87. The summed E-state index contributed by atoms with van der Waals surface area (Å²) in [6.07, 6.45) is 4.48. The molecule has 2 N–H and O–H groups in total. The van der Waals surface area contributed by atoms with Gasteiger partial charge in [-0.2, -0.15) is 0 Å². The quantitative estimate of drug-likeness (QED) is 0.801. The number of aliphatic hydroxyl groups is 1. The second-order valence-corrected chi connectivity index (χ2v) is 5.90. The highest BCUT2D eigenvalue weighted by molar-refractivity contribution is 5.46. The van der Waals surface area contributed by atoms with Crippen LogP contribution in [-0.4, -0.2) is 11.7 Å². The number of rotatable bonds is 7. The molecule has 110 valence electrons. The SMILES string of the molecule is OCCCc1cccc(NCc2ccc(C3CC3)cc2)c1. The van der Waals surface area contributed by atoms with Gasteiger partial charge in [-0.05, 0) is 60.4 Å². The van der Waals surface area contributed by atoms with Crippen LogP contribution in [-0.2, 0) is 13.0 Å². The molecule has 2 aromatic rings. The highest BCUT2D eigenvalue weighted by Gasteiger charge is 2.22. The van der Waals surface area contributed by atoms with E-state index in [1.807, 2.05) is 0 Å². The zero-order valence-corrected chi connectivity index (χ0v) is 12.4. The first-order valence-electron chi connectivity index (χ1n) is 7.87. The van der Waals surface area contributed by atoms with E-state index in [1.165, 1.54) is 29.5 Å². The third-order valence-corrected chi connectivity index (χ3v) is 4.08. The molecule has 21 heavy (non-hydrogen) atoms. The van der Waals surface area contributed by atoms with E-state index in [0.717, 1.165) is 31.0 Å². The van der Waals surface area contributed by atoms with Crippen LogP contribution in [0.4, 0.5) is 5.69 Å². The van der Waals surface area contributed by atoms with Gasteiger partial charge in [-0.3, -0.25) is 0 Å². The van der Waals surface area contributed by atoms with Gasteiger partial charge in [0.15, 0.2) is 0 Å². The minimum absolute atomic E-state index is 0.255. The van der Waals surface area contributed by atoms with E-state index in [2.05, 4.69) is 53.8 Å². The second-order valence-electron chi connectivity index (χ2n) is 5.90. The van der Waals surface area contributed by atoms with Gasteiger partial charge in [0.05, 0.1) is 0 Å². The van der Waals surface area contributed by atoms with E-state index in [1.54, 1.807) is 0 Å². The normalized spacial score (nSPS) is 14.1. The molecule has 0 spiro atoms. The number of anilines is 1. The molecule has 0 aliphatic heterocycles. The first kappa shape index (κ1) is 14.2. The number of hydrogen-bond acceptors (Lipinski definition) is 2. The first-order chi connectivity index (χ1) is 10.3. The fourth-order valence-electron chi connectivity index (χ4n) is 2.65. The van der Waals surface area contributed by atoms with Crippen molar-refractivity contribution in [3.8, 4) is 0 Å². The molecule has 3 rings (SSSR count). The number of hydrogen-bond donors (Lipinski definition) is 2. The van der Waals surface area contributed by atoms with E-state index >= 15 is 0 Å². The molecule has 1 saturated carbocycles. The fraction of sp³-hybridized carbons (Fsp3) is 0.368. The summed E-state index contributed by atoms with van der Waals surface area (Å²) >= 11 is 0. The lowest BCUT2D eigenvalue weighted by atomic mass is 10.1. The molecule has 0 heterocycles. The minimum Gasteiger partial charge on any atom is -0.396 e. The number of nitrogens with one attached hydrogen (secondary N) is 1. The summed E-state index contributed by atoms with van der Waals surface area (Å²) in [4.78, 5) is 0. The van der Waals surface area contributed by atoms with Crippen molar-refractivity contribution in [2.75, 3.05) is 11.9 Å². The van der Waals surface area contributed by atoms with Gasteiger partial charge in [0.25, 0.3) is 0 Å². The van der Waals surface area contributed by atoms with Crippen molar-refractivity contribution in [3.63, 3.8) is 0 Å². The smallest absolute Gasteiger partial charge is 0.0434 e. The van der Waals surface area contributed by atoms with E-state index in [0.29, 0.717) is 0 Å². The van der Waals surface area contributed by atoms with Gasteiger partial charge in [-0.15, -0.1) is 0 Å². The molecule has 0 saturated heterocycles. The van der Waals surface area contributed by atoms with Crippen LogP contribution in [0.25, 0.3) is 0 Å². The highest BCUT2D eigenvalue weighted by atomic mass is 16.2. The third kappa shape index (κ3) is 4.08. The van der Waals surface area contributed by atoms with Gasteiger partial charge in [0, 0.05) is 18.8 Å². The zero-order chi connectivity index (χ0) is 14.5. The Balaban J connectivity index is 1.56. The van der Waals surface area contributed by atoms with Crippen LogP contribution in [0.3, 0.4) is 0 Å². The van der Waals surface area contributed by atoms with Crippen LogP contribution in [0.1, 0.15) is 41.9 Å². The standard InChI is InChI=1S/C19H23NO/c21-12-2-4-15-3-1-5-19(13-15)20-14-16-6-8-17(9-7-16)18-10-11-18/h1,3,5-9,13,18,20-21H,2,4,10-12,14H2. The van der Waals surface area contributed by atoms with Crippen molar-refractivity contribution < 1.29 is 5.11 Å². The van der Waals surface area contributed by atoms with E-state index in [9.17, 15) is 0 Å². The van der Waals surface area contributed by atoms with Crippen molar-refractivity contribution in [1.82, 2.24) is 0 Å². The molecule has 1 aliphatic rings. The zero-order valence-electron chi connectivity index (χ0n) is 12.4. The lowest BCUT2D eigenvalue weighted by Crippen LogP contribution is -2.00. The molecule has 1 fully saturated rings. The van der Waals surface area contributed by atoms with Gasteiger partial charge >= 0.3 is 0 Å². The Labute approximate surface area is 126 Å². The van der Waals surface area contributed by atoms with Crippen molar-refractivity contribution in [1.29, 1.82) is 0 Å². The minimum atomic E-state index is 0.255. The van der Waals surface area contributed by atoms with Gasteiger partial charge in [-0.25, -0.2) is 0 Å². The highest BCUT2D eigenvalue weighted by Crippen LogP contribution is 2.39. The summed E-state index contributed by atoms with van der Waals surface area (Å²) in [6.45, 7) is 1.11. The average molecular weight is 281 g/mol. The van der Waals surface area contributed by atoms with Crippen LogP contribution < -0.4 is 5.32 Å². The average Bonchev–Trinajstić information content (AvgIpc) is 3.37. The monoisotopic (exact) mass is 281 g/mol. The molecule has 0 unspecified atom stereocenters.